The zero-order valence-electron chi connectivity index (χ0n) is 54.9. The summed E-state index contributed by atoms with van der Waals surface area (Å²) in [5.41, 5.74) is 15.3. The number of anilines is 3. The van der Waals surface area contributed by atoms with Gasteiger partial charge in [0.25, 0.3) is 5.97 Å². The number of rotatable bonds is 9. The zero-order valence-corrected chi connectivity index (χ0v) is 66.7. The molecule has 1 saturated heterocycles. The Morgan fingerprint density at radius 1 is 0.566 bits per heavy atom. The highest BCUT2D eigenvalue weighted by atomic mass is 127. The first kappa shape index (κ1) is 113. The summed E-state index contributed by atoms with van der Waals surface area (Å²) in [6.07, 6.45) is -7.52. The van der Waals surface area contributed by atoms with Gasteiger partial charge in [-0.05, 0) is 54.7 Å². The second-order valence-electron chi connectivity index (χ2n) is 15.8. The van der Waals surface area contributed by atoms with E-state index in [4.69, 9.17) is 107 Å². The number of imide groups is 1. The van der Waals surface area contributed by atoms with Gasteiger partial charge in [-0.2, -0.15) is 52.7 Å². The smallest absolute Gasteiger partial charge is 0.491 e. The SMILES string of the molecule is COC(C)(OC)OC.Cc1nnc2c(Cl)nc(Br)cn12.Clc1nccnc1Cl.NCc1nccnc1Cl.NN.NNc1ncc(Br)nc1Cl.O=C(NNc1ncc(Br)nc1Cl)C(F)(F)F.O=C(NNc1nccnc1Cl)C(F)(F)F.O=C(OC(=O)C(F)(F)F)C(F)(F)F.O=C1CCC(=O)N1Br.[2H-].[BH4-].[CH3-].[CH3-].[F-].[H-].[I-]. The summed E-state index contributed by atoms with van der Waals surface area (Å²) in [6.45, 7) is 3.88. The number of nitrogen functional groups attached to an aromatic ring is 1. The topological polar surface area (TPSA) is 479 Å². The number of amides is 4. The number of alkyl halides is 12. The fourth-order valence-corrected chi connectivity index (χ4v) is 7.14. The van der Waals surface area contributed by atoms with Gasteiger partial charge in [0.2, 0.25) is 11.8 Å². The number of carbonyl (C=O) groups excluding carboxylic acids is 6. The van der Waals surface area contributed by atoms with Gasteiger partial charge in [-0.15, -0.1) is 10.2 Å². The normalized spacial score (nSPS) is 10.9. The molecule has 1 aliphatic heterocycles. The summed E-state index contributed by atoms with van der Waals surface area (Å²) in [5, 5.41) is 8.86. The minimum absolute atomic E-state index is 0. The van der Waals surface area contributed by atoms with Crippen molar-refractivity contribution in [3.63, 3.8) is 0 Å². The second-order valence-corrected chi connectivity index (χ2v) is 21.5. The Morgan fingerprint density at radius 2 is 0.915 bits per heavy atom. The van der Waals surface area contributed by atoms with Crippen molar-refractivity contribution in [2.45, 2.75) is 63.9 Å². The number of hydrogen-bond acceptors (Lipinski definition) is 30. The quantitative estimate of drug-likeness (QED) is 0.00856. The Kier molecular flexibility index (Phi) is 60.3. The molecule has 106 heavy (non-hydrogen) atoms. The molecule has 7 aromatic rings. The van der Waals surface area contributed by atoms with E-state index in [9.17, 15) is 81.5 Å². The first-order chi connectivity index (χ1) is 46.7. The molecule has 0 saturated carbocycles. The van der Waals surface area contributed by atoms with Crippen LogP contribution in [0, 0.1) is 21.8 Å². The number of methoxy groups -OCH3 is 3. The van der Waals surface area contributed by atoms with Crippen molar-refractivity contribution < 1.29 is 132 Å². The molecule has 1 aliphatic rings. The number of aryl methyl sites for hydroxylation is 1. The number of esters is 2. The maximum absolute atomic E-state index is 11.8. The van der Waals surface area contributed by atoms with E-state index in [1.54, 1.807) is 23.7 Å². The molecule has 604 valence electrons. The van der Waals surface area contributed by atoms with Crippen molar-refractivity contribution in [3.05, 3.63) is 132 Å². The van der Waals surface area contributed by atoms with Crippen LogP contribution in [0.4, 0.5) is 70.1 Å². The Hall–Kier alpha value is -5.88. The minimum Gasteiger partial charge on any atom is -1.00 e. The Morgan fingerprint density at radius 3 is 1.21 bits per heavy atom. The number of nitrogens with one attached hydrogen (secondary N) is 5. The average Bonchev–Trinajstić information content (AvgIpc) is 1.66. The van der Waals surface area contributed by atoms with Crippen LogP contribution >= 0.6 is 145 Å². The van der Waals surface area contributed by atoms with Gasteiger partial charge in [0.15, 0.2) is 59.2 Å². The van der Waals surface area contributed by atoms with Gasteiger partial charge < -0.3 is 76.5 Å². The number of nitrogens with zero attached hydrogens (tertiary/aromatic N) is 15. The molecule has 13 N–H and O–H groups in total. The van der Waals surface area contributed by atoms with Crippen molar-refractivity contribution in [2.24, 2.45) is 23.3 Å². The highest BCUT2D eigenvalue weighted by Gasteiger charge is 2.49. The number of halogens is 25. The Bertz CT molecular complexity index is 3750. The monoisotopic (exact) mass is 2050 g/mol. The molecule has 0 aliphatic carbocycles. The number of aromatic nitrogens is 14. The third-order valence-corrected chi connectivity index (χ3v) is 13.0. The first-order valence-electron chi connectivity index (χ1n) is 24.5. The van der Waals surface area contributed by atoms with E-state index in [-0.39, 0.29) is 104 Å². The molecular formula is C46H55BBr4Cl7F13IN24O10-7. The summed E-state index contributed by atoms with van der Waals surface area (Å²) in [4.78, 5) is 102. The van der Waals surface area contributed by atoms with E-state index >= 15 is 0 Å². The highest BCUT2D eigenvalue weighted by molar-refractivity contribution is 9.11. The van der Waals surface area contributed by atoms with Gasteiger partial charge in [-0.3, -0.25) is 62.0 Å². The predicted molar refractivity (Wildman–Crippen MR) is 373 cm³/mol. The lowest BCUT2D eigenvalue weighted by Crippen LogP contribution is -3.00. The summed E-state index contributed by atoms with van der Waals surface area (Å²) >= 11 is 50.8. The summed E-state index contributed by atoms with van der Waals surface area (Å²) in [6, 6.07) is 0. The average molecular weight is 2060 g/mol. The number of fused-ring (bicyclic) bond motifs is 1. The minimum atomic E-state index is -5.62. The van der Waals surface area contributed by atoms with Gasteiger partial charge in [-0.1, -0.05) is 89.6 Å². The fourth-order valence-electron chi connectivity index (χ4n) is 4.39. The van der Waals surface area contributed by atoms with E-state index in [0.717, 1.165) is 9.75 Å². The van der Waals surface area contributed by atoms with Crippen LogP contribution in [0.1, 0.15) is 34.1 Å². The third kappa shape index (κ3) is 45.8. The number of nitrogens with two attached hydrogens (primary N) is 4. The molecule has 8 rings (SSSR count). The maximum atomic E-state index is 11.8. The third-order valence-electron chi connectivity index (χ3n) is 9.07. The number of ether oxygens (including phenoxy) is 4. The van der Waals surface area contributed by atoms with Gasteiger partial charge in [0.1, 0.15) is 19.6 Å². The molecule has 0 unspecified atom stereocenters. The lowest BCUT2D eigenvalue weighted by Gasteiger charge is -2.23. The second kappa shape index (κ2) is 56.4. The Labute approximate surface area is 680 Å². The highest BCUT2D eigenvalue weighted by Crippen LogP contribution is 2.24. The predicted octanol–water partition coefficient (Wildman–Crippen LogP) is 3.16. The van der Waals surface area contributed by atoms with Crippen molar-refractivity contribution in [3.8, 4) is 0 Å². The summed E-state index contributed by atoms with van der Waals surface area (Å²) < 4.78 is 159. The van der Waals surface area contributed by atoms with E-state index in [0.29, 0.717) is 60.7 Å². The lowest BCUT2D eigenvalue weighted by atomic mass is 10.4. The van der Waals surface area contributed by atoms with E-state index in [1.807, 2.05) is 17.8 Å². The molecule has 1 fully saturated rings. The van der Waals surface area contributed by atoms with Crippen molar-refractivity contribution in [2.75, 3.05) is 37.6 Å². The van der Waals surface area contributed by atoms with Gasteiger partial charge in [0, 0.05) is 91.0 Å². The molecule has 0 atom stereocenters. The molecule has 0 radical (unpaired) electrons. The molecule has 0 aromatic carbocycles. The van der Waals surface area contributed by atoms with Crippen LogP contribution in [0.25, 0.3) is 5.65 Å². The summed E-state index contributed by atoms with van der Waals surface area (Å²) in [7, 11) is 4.56. The van der Waals surface area contributed by atoms with Gasteiger partial charge in [-0.25, -0.2) is 69.2 Å². The number of hydrazine groups is 4. The van der Waals surface area contributed by atoms with E-state index in [2.05, 4.69) is 151 Å². The maximum Gasteiger partial charge on any atom is 0.491 e. The van der Waals surface area contributed by atoms with Crippen LogP contribution in [0.5, 0.6) is 0 Å². The van der Waals surface area contributed by atoms with Crippen molar-refractivity contribution >= 4 is 212 Å². The van der Waals surface area contributed by atoms with Crippen LogP contribution in [-0.2, 0) is 54.3 Å². The lowest BCUT2D eigenvalue weighted by molar-refractivity contribution is -0.340. The number of carbonyl (C=O) groups is 6. The van der Waals surface area contributed by atoms with Crippen LogP contribution in [-0.4, -0.2) is 169 Å². The number of hydrogen-bond donors (Lipinski definition) is 9. The van der Waals surface area contributed by atoms with Crippen molar-refractivity contribution in [1.29, 1.82) is 0 Å². The molecule has 60 heteroatoms. The van der Waals surface area contributed by atoms with E-state index < -0.39 is 54.4 Å². The fraction of sp³-hybridized carbons (Fsp3) is 0.283. The molecule has 4 amide bonds. The molecule has 34 nitrogen and oxygen atoms in total. The zero-order chi connectivity index (χ0) is 78.4. The first-order valence-corrected chi connectivity index (χ1v) is 30.2. The largest absolute Gasteiger partial charge is 1.00 e. The molecule has 0 bridgehead atoms. The van der Waals surface area contributed by atoms with Crippen LogP contribution in [0.2, 0.25) is 36.1 Å². The summed E-state index contributed by atoms with van der Waals surface area (Å²) in [5.74, 6) is 1.97. The van der Waals surface area contributed by atoms with Crippen LogP contribution in [0.15, 0.2) is 69.6 Å². The molecule has 7 aromatic heterocycles. The van der Waals surface area contributed by atoms with Gasteiger partial charge >= 0.3 is 48.5 Å². The van der Waals surface area contributed by atoms with Crippen LogP contribution < -0.4 is 79.1 Å². The molecular weight excluding hydrogens is 2000 g/mol. The van der Waals surface area contributed by atoms with E-state index in [1.165, 1.54) is 75.6 Å². The molecule has 0 spiro atoms. The van der Waals surface area contributed by atoms with Gasteiger partial charge in [0.05, 0.1) is 34.2 Å². The Balaban J connectivity index is -0.000000146. The van der Waals surface area contributed by atoms with Crippen molar-refractivity contribution in [1.82, 2.24) is 84.2 Å². The standard InChI is InChI=1S/C6H3BrClF3N4O.C6H4BrClN4.C6H4ClF3N4O.C5H6ClN3.C5H12O3.C4H4BrClN4.C4H4BrNO2.C4H2Cl2N2.C4F6O3.2CH3.BH4.FH.HI.H4N2.2H/c7-2-1-12-4(3(8)13-2)14-15-5(16)6(9,10)11;1-3-10-11-6-5(8)9-4(7)2-12(3)6;7-3-4(12-2-1-11-3)13-14-5(15)6(8,9)10;6-5-4(3-7)8-1-2-9-5;1-5(6-2,7-3)8-4;5-2-1-8-4(10-7)3(6)9-2;5-6-3(7)1-2-4(6)8;5-3-4(6)8-2-1-7-3;5-3(6,7)1(11)13-2(12)4(8,9)10;;;;;;1-2;;/h1H,(H,12,14)(H,15,16);2H,1H3;1-2H,(H,12,13)(H,14,15);1-2H,3,7H2;1-4H3;1H,7H2,(H,8,10);1-2H2;1-2H;;2*1H3;1H4;2*1H;1-2H2;;/q;;;;;;;;;3*-1;;;;2*-1/p-2/i;;;;;;;;;;;;;;;1+1;. The molecule has 8 heterocycles. The van der Waals surface area contributed by atoms with Crippen LogP contribution in [0.3, 0.4) is 0 Å².